The maximum atomic E-state index is 14.8. The molecule has 1 fully saturated rings. The van der Waals surface area contributed by atoms with E-state index >= 15 is 0 Å². The molecule has 0 spiro atoms. The minimum atomic E-state index is -1.81. The first-order valence-corrected chi connectivity index (χ1v) is 38.4. The Hall–Kier alpha value is -7.82. The number of aromatic amines is 1. The number of carboxylic acids is 1. The molecule has 1 aromatic carbocycles. The van der Waals surface area contributed by atoms with Gasteiger partial charge in [0.15, 0.2) is 11.9 Å². The molecule has 26 N–H and O–H groups in total. The van der Waals surface area contributed by atoms with Gasteiger partial charge in [0.05, 0.1) is 19.3 Å². The van der Waals surface area contributed by atoms with Crippen LogP contribution in [0.3, 0.4) is 0 Å². The fraction of sp³-hybridized carbons (Fsp3) is 0.651. The zero-order valence-electron chi connectivity index (χ0n) is 58.4. The van der Waals surface area contributed by atoms with Crippen LogP contribution in [0.4, 0.5) is 0 Å². The van der Waals surface area contributed by atoms with Gasteiger partial charge in [-0.15, -0.1) is 0 Å². The third-order valence-corrected chi connectivity index (χ3v) is 18.7. The van der Waals surface area contributed by atoms with Crippen LogP contribution in [-0.4, -0.2) is 262 Å². The Morgan fingerprint density at radius 3 is 1.53 bits per heavy atom. The number of aliphatic carboxylic acids is 1. The predicted molar refractivity (Wildman–Crippen MR) is 396 cm³/mol. The molecule has 39 heteroatoms. The number of nitrogens with one attached hydrogen (secondary N) is 11. The fourth-order valence-electron chi connectivity index (χ4n) is 10.7. The summed E-state index contributed by atoms with van der Waals surface area (Å²) in [6, 6.07) is -9.27. The number of aliphatic hydroxyl groups excluding tert-OH is 2. The molecule has 0 saturated carbocycles. The molecular formula is C63H106N20O15S4. The summed E-state index contributed by atoms with van der Waals surface area (Å²) >= 11 is 8.53. The predicted octanol–water partition coefficient (Wildman–Crippen LogP) is -4.97. The monoisotopic (exact) mass is 1510 g/mol. The normalized spacial score (nSPS) is 16.0. The highest BCUT2D eigenvalue weighted by Crippen LogP contribution is 2.23. The number of hydrogen-bond donors (Lipinski definition) is 21. The van der Waals surface area contributed by atoms with Crippen LogP contribution in [-0.2, 0) is 64.0 Å². The number of aliphatic hydroxyl groups is 2. The Kier molecular flexibility index (Phi) is 41.1. The van der Waals surface area contributed by atoms with Gasteiger partial charge >= 0.3 is 5.97 Å². The number of para-hydroxylation sites is 1. The molecule has 1 saturated heterocycles. The van der Waals surface area contributed by atoms with E-state index in [2.05, 4.69) is 80.8 Å². The lowest BCUT2D eigenvalue weighted by Crippen LogP contribution is -2.61. The molecule has 1 aliphatic heterocycles. The second-order valence-corrected chi connectivity index (χ2v) is 27.9. The number of nitrogens with two attached hydrogens (primary N) is 6. The molecule has 0 bridgehead atoms. The number of carbonyl (C=O) groups excluding carboxylic acids is 11. The first kappa shape index (κ1) is 88.4. The van der Waals surface area contributed by atoms with E-state index in [1.807, 2.05) is 12.5 Å². The van der Waals surface area contributed by atoms with E-state index in [0.29, 0.717) is 53.0 Å². The smallest absolute Gasteiger partial charge is 0.328 e. The van der Waals surface area contributed by atoms with Gasteiger partial charge in [0.2, 0.25) is 65.0 Å². The van der Waals surface area contributed by atoms with Gasteiger partial charge in [-0.2, -0.15) is 47.9 Å². The van der Waals surface area contributed by atoms with Crippen molar-refractivity contribution >= 4 is 142 Å². The third kappa shape index (κ3) is 30.2. The zero-order chi connectivity index (χ0) is 76.0. The van der Waals surface area contributed by atoms with Gasteiger partial charge in [0.25, 0.3) is 0 Å². The first-order valence-electron chi connectivity index (χ1n) is 33.6. The van der Waals surface area contributed by atoms with Gasteiger partial charge in [-0.1, -0.05) is 32.0 Å². The average Bonchev–Trinajstić information content (AvgIpc) is 1.64. The maximum absolute atomic E-state index is 14.8. The SMILES string of the molecule is CSCC[C@H](NC(=O)[C@@H](N)CCSC)C(=O)N[C@@H](CCCN=C(N)N)C(=O)N[C@@H](Cc1c[nH]c2ccccc12)C(=O)N[C@@H](CO)C(=O)N[C@@H](CCCN=C(N)N)C(=O)N[C@@H](CCCCN)C(=O)N[C@@H](CCSC)C(=O)N1CCC[C@H]1C(=O)N[C@@H](CS)C(=O)N[C@H](C(=O)N[C@@H](CO)C(=O)O)C(C)C. The van der Waals surface area contributed by atoms with Crippen LogP contribution in [0.1, 0.15) is 96.5 Å². The molecular weight excluding hydrogens is 1410 g/mol. The van der Waals surface area contributed by atoms with Crippen molar-refractivity contribution in [1.82, 2.24) is 63.1 Å². The molecule has 12 atom stereocenters. The van der Waals surface area contributed by atoms with Crippen molar-refractivity contribution in [2.24, 2.45) is 50.3 Å². The lowest BCUT2D eigenvalue weighted by molar-refractivity contribution is -0.144. The van der Waals surface area contributed by atoms with Crippen LogP contribution in [0.5, 0.6) is 0 Å². The second-order valence-electron chi connectivity index (χ2n) is 24.6. The number of hydrogen-bond acceptors (Lipinski definition) is 22. The molecule has 0 aliphatic carbocycles. The van der Waals surface area contributed by atoms with E-state index in [-0.39, 0.29) is 108 Å². The molecule has 572 valence electrons. The van der Waals surface area contributed by atoms with E-state index in [4.69, 9.17) is 34.4 Å². The Morgan fingerprint density at radius 2 is 1.02 bits per heavy atom. The van der Waals surface area contributed by atoms with E-state index in [1.54, 1.807) is 50.6 Å². The van der Waals surface area contributed by atoms with Gasteiger partial charge in [-0.25, -0.2) is 4.79 Å². The topological polar surface area (TPSA) is 586 Å². The molecule has 1 aliphatic rings. The Balaban J connectivity index is 1.97. The summed E-state index contributed by atoms with van der Waals surface area (Å²) in [5.74, 6) is -10.6. The number of likely N-dealkylation sites (tertiary alicyclic amines) is 1. The van der Waals surface area contributed by atoms with Gasteiger partial charge in [0.1, 0.15) is 66.5 Å². The van der Waals surface area contributed by atoms with Crippen LogP contribution in [0.25, 0.3) is 10.9 Å². The van der Waals surface area contributed by atoms with E-state index < -0.39 is 163 Å². The second kappa shape index (κ2) is 47.4. The molecule has 2 aromatic rings. The lowest BCUT2D eigenvalue weighted by Gasteiger charge is -2.31. The van der Waals surface area contributed by atoms with Crippen molar-refractivity contribution in [3.05, 3.63) is 36.0 Å². The van der Waals surface area contributed by atoms with Crippen molar-refractivity contribution in [1.29, 1.82) is 0 Å². The quantitative estimate of drug-likeness (QED) is 0.0128. The highest BCUT2D eigenvalue weighted by Gasteiger charge is 2.41. The third-order valence-electron chi connectivity index (χ3n) is 16.4. The van der Waals surface area contributed by atoms with Crippen LogP contribution >= 0.6 is 47.9 Å². The minimum Gasteiger partial charge on any atom is -0.480 e. The number of carboxylic acid groups (broad SMARTS) is 1. The number of carbonyl (C=O) groups is 12. The van der Waals surface area contributed by atoms with Gasteiger partial charge in [-0.05, 0) is 137 Å². The largest absolute Gasteiger partial charge is 0.480 e. The summed E-state index contributed by atoms with van der Waals surface area (Å²) in [5.41, 5.74) is 35.6. The van der Waals surface area contributed by atoms with Gasteiger partial charge < -0.3 is 113 Å². The van der Waals surface area contributed by atoms with E-state index in [0.717, 1.165) is 0 Å². The Labute approximate surface area is 611 Å². The van der Waals surface area contributed by atoms with Crippen molar-refractivity contribution in [3.63, 3.8) is 0 Å². The summed E-state index contributed by atoms with van der Waals surface area (Å²) in [7, 11) is 0. The molecule has 0 radical (unpaired) electrons. The molecule has 1 aromatic heterocycles. The van der Waals surface area contributed by atoms with Gasteiger partial charge in [-0.3, -0.25) is 62.7 Å². The Morgan fingerprint density at radius 1 is 0.569 bits per heavy atom. The number of amides is 11. The maximum Gasteiger partial charge on any atom is 0.328 e. The lowest BCUT2D eigenvalue weighted by atomic mass is 10.0. The van der Waals surface area contributed by atoms with Crippen molar-refractivity contribution in [2.75, 3.05) is 81.2 Å². The van der Waals surface area contributed by atoms with Crippen LogP contribution in [0.2, 0.25) is 0 Å². The van der Waals surface area contributed by atoms with Crippen LogP contribution < -0.4 is 87.6 Å². The zero-order valence-corrected chi connectivity index (χ0v) is 61.7. The van der Waals surface area contributed by atoms with Crippen LogP contribution in [0, 0.1) is 5.92 Å². The number of nitrogens with zero attached hydrogens (tertiary/aromatic N) is 3. The highest BCUT2D eigenvalue weighted by atomic mass is 32.2. The molecule has 0 unspecified atom stereocenters. The van der Waals surface area contributed by atoms with E-state index in [1.165, 1.54) is 40.2 Å². The summed E-state index contributed by atoms with van der Waals surface area (Å²) in [5, 5.41) is 56.4. The molecule has 35 nitrogen and oxygen atoms in total. The van der Waals surface area contributed by atoms with Crippen molar-refractivity contribution in [2.45, 2.75) is 170 Å². The first-order chi connectivity index (χ1) is 48.6. The highest BCUT2D eigenvalue weighted by molar-refractivity contribution is 7.99. The number of H-pyrrole nitrogens is 1. The van der Waals surface area contributed by atoms with Crippen LogP contribution in [0.15, 0.2) is 40.4 Å². The number of rotatable bonds is 49. The van der Waals surface area contributed by atoms with Gasteiger partial charge in [0, 0.05) is 48.9 Å². The number of aromatic nitrogens is 1. The minimum absolute atomic E-state index is 0.0300. The molecule has 2 heterocycles. The average molecular weight is 1510 g/mol. The Bertz CT molecular complexity index is 3140. The number of unbranched alkanes of at least 4 members (excludes halogenated alkanes) is 1. The molecule has 102 heavy (non-hydrogen) atoms. The van der Waals surface area contributed by atoms with Crippen molar-refractivity contribution in [3.8, 4) is 0 Å². The number of aliphatic imine (C=N–C) groups is 2. The van der Waals surface area contributed by atoms with Crippen molar-refractivity contribution < 1.29 is 72.9 Å². The fourth-order valence-corrected chi connectivity index (χ4v) is 12.4. The summed E-state index contributed by atoms with van der Waals surface area (Å²) in [4.78, 5) is 180. The number of benzene rings is 1. The number of guanidine groups is 2. The summed E-state index contributed by atoms with van der Waals surface area (Å²) in [6.45, 7) is 1.46. The molecule has 3 rings (SSSR count). The molecule has 11 amide bonds. The standard InChI is InChI=1S/C63H106N20O15S4/c1-34(2)49(59(95)80-46(32-85)61(97)98)82-57(93)47(33-99)81-58(94)48-18-12-25-83(48)60(96)43(21-28-102-5)77-52(88)39(15-8-9-22-64)74-51(87)40(16-10-23-70-62(66)67)76-56(92)45(31-84)79-55(91)44(29-35-30-72-38-14-7-6-13-36(35)38)78-53(89)41(17-11-24-71-63(68)69)75-54(90)42(20-27-101-4)73-50(86)37(65)19-26-100-3/h6-7,13-14,30,34,37,39-49,72,84-85,99H,8-12,15-29,31-33,64-65H2,1-5H3,(H,73,86)(H,74,87)(H,75,90)(H,76,92)(H,77,88)(H,78,89)(H,79,91)(H,80,95)(H,81,94)(H,82,93)(H,97,98)(H4,66,67,70)(H4,68,69,71)/t37-,39-,40-,41-,42-,43-,44-,45-,46-,47-,48-,49-/m0/s1. The number of thioether (sulfide) groups is 3. The summed E-state index contributed by atoms with van der Waals surface area (Å²) < 4.78 is 0. The summed E-state index contributed by atoms with van der Waals surface area (Å²) in [6.07, 6.45) is 8.50. The number of fused-ring (bicyclic) bond motifs is 1. The number of thiol groups is 1. The van der Waals surface area contributed by atoms with E-state index in [9.17, 15) is 72.9 Å².